The first-order valence-corrected chi connectivity index (χ1v) is 6.35. The van der Waals surface area contributed by atoms with Gasteiger partial charge in [-0.1, -0.05) is 19.0 Å². The van der Waals surface area contributed by atoms with Crippen molar-refractivity contribution in [2.45, 2.75) is 27.3 Å². The van der Waals surface area contributed by atoms with Gasteiger partial charge < -0.3 is 9.84 Å². The number of nitrogens with zero attached hydrogens (tertiary/aromatic N) is 2. The number of rotatable bonds is 5. The first-order valence-electron chi connectivity index (χ1n) is 6.35. The van der Waals surface area contributed by atoms with E-state index in [1.54, 1.807) is 6.07 Å². The van der Waals surface area contributed by atoms with Crippen molar-refractivity contribution in [3.8, 4) is 11.5 Å². The summed E-state index contributed by atoms with van der Waals surface area (Å²) in [6, 6.07) is 2.95. The standard InChI is InChI=1S/C14H18FN3O/c1-9(2)6-16-8-13-10(3)14(19-18-13)12-5-4-11(15)7-17-12/h4-5,7,9,16H,6,8H2,1-3H3. The molecule has 19 heavy (non-hydrogen) atoms. The smallest absolute Gasteiger partial charge is 0.188 e. The summed E-state index contributed by atoms with van der Waals surface area (Å²) < 4.78 is 18.1. The van der Waals surface area contributed by atoms with Gasteiger partial charge in [0.15, 0.2) is 5.76 Å². The van der Waals surface area contributed by atoms with Crippen LogP contribution in [0.4, 0.5) is 4.39 Å². The lowest BCUT2D eigenvalue weighted by Gasteiger charge is -2.05. The van der Waals surface area contributed by atoms with Crippen LogP contribution in [-0.4, -0.2) is 16.7 Å². The molecule has 2 heterocycles. The van der Waals surface area contributed by atoms with Gasteiger partial charge in [-0.25, -0.2) is 9.37 Å². The highest BCUT2D eigenvalue weighted by Gasteiger charge is 2.14. The molecule has 0 amide bonds. The minimum Gasteiger partial charge on any atom is -0.354 e. The minimum atomic E-state index is -0.361. The highest BCUT2D eigenvalue weighted by Crippen LogP contribution is 2.23. The molecule has 5 heteroatoms. The fraction of sp³-hybridized carbons (Fsp3) is 0.429. The molecule has 0 unspecified atom stereocenters. The number of hydrogen-bond donors (Lipinski definition) is 1. The van der Waals surface area contributed by atoms with Crippen molar-refractivity contribution in [1.82, 2.24) is 15.5 Å². The number of aromatic nitrogens is 2. The van der Waals surface area contributed by atoms with Gasteiger partial charge in [0.05, 0.1) is 6.20 Å². The average Bonchev–Trinajstić information content (AvgIpc) is 2.72. The number of nitrogens with one attached hydrogen (secondary N) is 1. The Kier molecular flexibility index (Phi) is 4.27. The monoisotopic (exact) mass is 263 g/mol. The van der Waals surface area contributed by atoms with Gasteiger partial charge in [-0.2, -0.15) is 0 Å². The second kappa shape index (κ2) is 5.93. The van der Waals surface area contributed by atoms with Crippen LogP contribution in [0.2, 0.25) is 0 Å². The molecular weight excluding hydrogens is 245 g/mol. The highest BCUT2D eigenvalue weighted by atomic mass is 19.1. The Labute approximate surface area is 112 Å². The first kappa shape index (κ1) is 13.7. The van der Waals surface area contributed by atoms with Crippen LogP contribution >= 0.6 is 0 Å². The molecule has 4 nitrogen and oxygen atoms in total. The van der Waals surface area contributed by atoms with Gasteiger partial charge in [-0.05, 0) is 31.5 Å². The van der Waals surface area contributed by atoms with E-state index in [4.69, 9.17) is 4.52 Å². The van der Waals surface area contributed by atoms with E-state index in [0.29, 0.717) is 23.9 Å². The quantitative estimate of drug-likeness (QED) is 0.901. The van der Waals surface area contributed by atoms with Crippen LogP contribution in [0.5, 0.6) is 0 Å². The van der Waals surface area contributed by atoms with E-state index < -0.39 is 0 Å². The average molecular weight is 263 g/mol. The van der Waals surface area contributed by atoms with E-state index in [1.165, 1.54) is 12.3 Å². The summed E-state index contributed by atoms with van der Waals surface area (Å²) in [4.78, 5) is 4.00. The van der Waals surface area contributed by atoms with Gasteiger partial charge in [0.2, 0.25) is 0 Å². The molecule has 0 aliphatic heterocycles. The van der Waals surface area contributed by atoms with Crippen molar-refractivity contribution in [3.05, 3.63) is 35.4 Å². The molecule has 1 N–H and O–H groups in total. The summed E-state index contributed by atoms with van der Waals surface area (Å²) in [5, 5.41) is 7.35. The third-order valence-electron chi connectivity index (χ3n) is 2.83. The predicted molar refractivity (Wildman–Crippen MR) is 71.0 cm³/mol. The van der Waals surface area contributed by atoms with E-state index in [1.807, 2.05) is 6.92 Å². The molecule has 2 aromatic rings. The Morgan fingerprint density at radius 1 is 1.37 bits per heavy atom. The van der Waals surface area contributed by atoms with E-state index in [-0.39, 0.29) is 5.82 Å². The van der Waals surface area contributed by atoms with E-state index in [9.17, 15) is 4.39 Å². The van der Waals surface area contributed by atoms with Crippen LogP contribution in [0.25, 0.3) is 11.5 Å². The lowest BCUT2D eigenvalue weighted by atomic mass is 10.1. The van der Waals surface area contributed by atoms with Gasteiger partial charge in [0, 0.05) is 12.1 Å². The summed E-state index contributed by atoms with van der Waals surface area (Å²) in [7, 11) is 0. The molecule has 0 atom stereocenters. The molecule has 0 aromatic carbocycles. The fourth-order valence-electron chi connectivity index (χ4n) is 1.76. The van der Waals surface area contributed by atoms with E-state index in [0.717, 1.165) is 17.8 Å². The summed E-state index contributed by atoms with van der Waals surface area (Å²) in [6.45, 7) is 7.82. The topological polar surface area (TPSA) is 51.0 Å². The van der Waals surface area contributed by atoms with Crippen molar-refractivity contribution in [2.24, 2.45) is 5.92 Å². The van der Waals surface area contributed by atoms with Gasteiger partial charge in [-0.3, -0.25) is 0 Å². The second-order valence-corrected chi connectivity index (χ2v) is 4.97. The lowest BCUT2D eigenvalue weighted by molar-refractivity contribution is 0.416. The van der Waals surface area contributed by atoms with Crippen LogP contribution in [0.1, 0.15) is 25.1 Å². The maximum absolute atomic E-state index is 12.8. The molecule has 0 fully saturated rings. The first-order chi connectivity index (χ1) is 9.08. The maximum atomic E-state index is 12.8. The molecule has 0 aliphatic rings. The van der Waals surface area contributed by atoms with Gasteiger partial charge in [-0.15, -0.1) is 0 Å². The Bertz CT molecular complexity index is 534. The zero-order valence-electron chi connectivity index (χ0n) is 11.4. The Morgan fingerprint density at radius 2 is 2.16 bits per heavy atom. The van der Waals surface area contributed by atoms with Crippen LogP contribution < -0.4 is 5.32 Å². The van der Waals surface area contributed by atoms with Crippen molar-refractivity contribution in [3.63, 3.8) is 0 Å². The van der Waals surface area contributed by atoms with Gasteiger partial charge in [0.25, 0.3) is 0 Å². The van der Waals surface area contributed by atoms with Crippen molar-refractivity contribution in [1.29, 1.82) is 0 Å². The van der Waals surface area contributed by atoms with Crippen LogP contribution in [0, 0.1) is 18.7 Å². The van der Waals surface area contributed by atoms with Crippen molar-refractivity contribution < 1.29 is 8.91 Å². The van der Waals surface area contributed by atoms with Crippen LogP contribution in [-0.2, 0) is 6.54 Å². The second-order valence-electron chi connectivity index (χ2n) is 4.97. The highest BCUT2D eigenvalue weighted by molar-refractivity contribution is 5.56. The Hall–Kier alpha value is -1.75. The maximum Gasteiger partial charge on any atom is 0.188 e. The van der Waals surface area contributed by atoms with E-state index in [2.05, 4.69) is 29.3 Å². The summed E-state index contributed by atoms with van der Waals surface area (Å²) in [5.41, 5.74) is 2.40. The van der Waals surface area contributed by atoms with Gasteiger partial charge in [0.1, 0.15) is 17.2 Å². The largest absolute Gasteiger partial charge is 0.354 e. The lowest BCUT2D eigenvalue weighted by Crippen LogP contribution is -2.19. The number of halogens is 1. The predicted octanol–water partition coefficient (Wildman–Crippen LogP) is 2.93. The van der Waals surface area contributed by atoms with Crippen LogP contribution in [0.15, 0.2) is 22.9 Å². The summed E-state index contributed by atoms with van der Waals surface area (Å²) >= 11 is 0. The summed E-state index contributed by atoms with van der Waals surface area (Å²) in [6.07, 6.45) is 1.17. The molecule has 2 aromatic heterocycles. The van der Waals surface area contributed by atoms with Crippen LogP contribution in [0.3, 0.4) is 0 Å². The molecule has 2 rings (SSSR count). The van der Waals surface area contributed by atoms with E-state index >= 15 is 0 Å². The Balaban J connectivity index is 2.11. The number of pyridine rings is 1. The van der Waals surface area contributed by atoms with Crippen molar-refractivity contribution >= 4 is 0 Å². The number of hydrogen-bond acceptors (Lipinski definition) is 4. The Morgan fingerprint density at radius 3 is 2.79 bits per heavy atom. The molecule has 0 aliphatic carbocycles. The molecule has 102 valence electrons. The summed E-state index contributed by atoms with van der Waals surface area (Å²) in [5.74, 6) is 0.825. The molecule has 0 spiro atoms. The third kappa shape index (κ3) is 3.38. The van der Waals surface area contributed by atoms with Crippen molar-refractivity contribution in [2.75, 3.05) is 6.54 Å². The zero-order valence-corrected chi connectivity index (χ0v) is 11.4. The van der Waals surface area contributed by atoms with Gasteiger partial charge >= 0.3 is 0 Å². The SMILES string of the molecule is Cc1c(CNCC(C)C)noc1-c1ccc(F)cn1. The third-order valence-corrected chi connectivity index (χ3v) is 2.83. The molecule has 0 bridgehead atoms. The zero-order chi connectivity index (χ0) is 13.8. The minimum absolute atomic E-state index is 0.361. The molecule has 0 saturated carbocycles. The fourth-order valence-corrected chi connectivity index (χ4v) is 1.76. The molecule has 0 saturated heterocycles. The molecule has 0 radical (unpaired) electrons. The molecular formula is C14H18FN3O. The normalized spacial score (nSPS) is 11.2.